The van der Waals surface area contributed by atoms with E-state index in [1.54, 1.807) is 6.07 Å². The van der Waals surface area contributed by atoms with E-state index in [1.165, 1.54) is 36.6 Å². The smallest absolute Gasteiger partial charge is 0.265 e. The normalized spacial score (nSPS) is 11.4. The Balaban J connectivity index is 1.79. The van der Waals surface area contributed by atoms with Crippen molar-refractivity contribution in [2.24, 2.45) is 5.73 Å². The Morgan fingerprint density at radius 3 is 2.63 bits per heavy atom. The second-order valence-electron chi connectivity index (χ2n) is 7.97. The molecule has 9 nitrogen and oxygen atoms in total. The number of thiazole rings is 1. The molecule has 4 aromatic rings. The number of nitrogens with zero attached hydrogens (tertiary/aromatic N) is 3. The first-order valence-electron chi connectivity index (χ1n) is 11.2. The summed E-state index contributed by atoms with van der Waals surface area (Å²) < 4.78 is 71.0. The number of nitrogens with two attached hydrogens (primary N) is 1. The summed E-state index contributed by atoms with van der Waals surface area (Å²) in [6, 6.07) is 7.44. The van der Waals surface area contributed by atoms with Crippen molar-refractivity contribution >= 4 is 38.9 Å². The third-order valence-corrected chi connectivity index (χ3v) is 7.64. The van der Waals surface area contributed by atoms with Crippen LogP contribution in [0.5, 0.6) is 0 Å². The lowest BCUT2D eigenvalue weighted by atomic mass is 10.1. The first kappa shape index (κ1) is 27.2. The van der Waals surface area contributed by atoms with Crippen LogP contribution in [-0.4, -0.2) is 35.8 Å². The molecular weight excluding hydrogens is 541 g/mol. The minimum absolute atomic E-state index is 0.0389. The van der Waals surface area contributed by atoms with Crippen LogP contribution in [0.1, 0.15) is 18.4 Å². The second-order valence-corrected chi connectivity index (χ2v) is 10.7. The van der Waals surface area contributed by atoms with E-state index in [-0.39, 0.29) is 23.1 Å². The lowest BCUT2D eigenvalue weighted by Gasteiger charge is -2.12. The highest BCUT2D eigenvalue weighted by Gasteiger charge is 2.25. The standard InChI is InChI=1S/C24H21F3N6O3S2/c1-13(34)30-24-29-11-9-18(31-24)23-22(32-20(37-23)6-3-10-28)15-4-2-5-17(21(15)27)33-38(35,36)19-12-14(25)7-8-16(19)26/h2,4-5,7-9,11-12,33H,3,6,10,28H2,1H3,(H,29,30,31,34). The molecule has 38 heavy (non-hydrogen) atoms. The van der Waals surface area contributed by atoms with Gasteiger partial charge in [-0.3, -0.25) is 14.8 Å². The third-order valence-electron chi connectivity index (χ3n) is 5.12. The fraction of sp³-hybridized carbons (Fsp3) is 0.167. The molecule has 0 saturated carbocycles. The van der Waals surface area contributed by atoms with Crippen LogP contribution < -0.4 is 15.8 Å². The fourth-order valence-electron chi connectivity index (χ4n) is 3.46. The predicted molar refractivity (Wildman–Crippen MR) is 137 cm³/mol. The summed E-state index contributed by atoms with van der Waals surface area (Å²) in [7, 11) is -4.67. The Kier molecular flexibility index (Phi) is 8.04. The van der Waals surface area contributed by atoms with Gasteiger partial charge in [0.15, 0.2) is 5.82 Å². The molecule has 198 valence electrons. The molecule has 0 aliphatic heterocycles. The number of nitrogens with one attached hydrogen (secondary N) is 2. The van der Waals surface area contributed by atoms with Crippen LogP contribution in [0.15, 0.2) is 53.6 Å². The molecule has 0 aliphatic carbocycles. The Bertz CT molecular complexity index is 1610. The Labute approximate surface area is 220 Å². The van der Waals surface area contributed by atoms with Gasteiger partial charge in [-0.2, -0.15) is 0 Å². The average molecular weight is 563 g/mol. The Morgan fingerprint density at radius 2 is 1.89 bits per heavy atom. The zero-order valence-electron chi connectivity index (χ0n) is 19.8. The molecule has 0 radical (unpaired) electrons. The van der Waals surface area contributed by atoms with Crippen LogP contribution in [-0.2, 0) is 21.2 Å². The molecule has 4 rings (SSSR count). The van der Waals surface area contributed by atoms with Gasteiger partial charge in [-0.1, -0.05) is 6.07 Å². The zero-order valence-corrected chi connectivity index (χ0v) is 21.5. The monoisotopic (exact) mass is 562 g/mol. The van der Waals surface area contributed by atoms with E-state index in [2.05, 4.69) is 20.3 Å². The summed E-state index contributed by atoms with van der Waals surface area (Å²) in [5, 5.41) is 3.12. The van der Waals surface area contributed by atoms with Crippen molar-refractivity contribution in [3.05, 3.63) is 71.1 Å². The molecule has 2 heterocycles. The van der Waals surface area contributed by atoms with Crippen molar-refractivity contribution in [2.45, 2.75) is 24.7 Å². The maximum atomic E-state index is 15.8. The number of carbonyl (C=O) groups excluding carboxylic acids is 1. The molecule has 0 bridgehead atoms. The number of amides is 1. The molecule has 0 aliphatic rings. The Hall–Kier alpha value is -3.88. The number of anilines is 2. The molecule has 4 N–H and O–H groups in total. The molecule has 1 amide bonds. The predicted octanol–water partition coefficient (Wildman–Crippen LogP) is 4.33. The van der Waals surface area contributed by atoms with E-state index < -0.39 is 38.1 Å². The van der Waals surface area contributed by atoms with Crippen LogP contribution >= 0.6 is 11.3 Å². The van der Waals surface area contributed by atoms with Crippen molar-refractivity contribution < 1.29 is 26.4 Å². The van der Waals surface area contributed by atoms with Gasteiger partial charge in [0.25, 0.3) is 10.0 Å². The molecule has 14 heteroatoms. The number of rotatable bonds is 9. The number of carbonyl (C=O) groups is 1. The lowest BCUT2D eigenvalue weighted by Crippen LogP contribution is -2.16. The molecular formula is C24H21F3N6O3S2. The van der Waals surface area contributed by atoms with Crippen LogP contribution in [0.25, 0.3) is 21.8 Å². The van der Waals surface area contributed by atoms with Crippen molar-refractivity contribution in [1.82, 2.24) is 15.0 Å². The minimum Gasteiger partial charge on any atom is -0.330 e. The van der Waals surface area contributed by atoms with Crippen molar-refractivity contribution in [3.63, 3.8) is 0 Å². The molecule has 0 spiro atoms. The molecule has 2 aromatic carbocycles. The summed E-state index contributed by atoms with van der Waals surface area (Å²) in [5.74, 6) is -3.49. The van der Waals surface area contributed by atoms with Crippen LogP contribution in [0, 0.1) is 17.5 Å². The van der Waals surface area contributed by atoms with Gasteiger partial charge in [0.05, 0.1) is 27.0 Å². The third kappa shape index (κ3) is 5.98. The van der Waals surface area contributed by atoms with Gasteiger partial charge in [0.1, 0.15) is 16.5 Å². The zero-order chi connectivity index (χ0) is 27.4. The summed E-state index contributed by atoms with van der Waals surface area (Å²) in [4.78, 5) is 23.8. The van der Waals surface area contributed by atoms with Gasteiger partial charge in [0, 0.05) is 25.1 Å². The quantitative estimate of drug-likeness (QED) is 0.276. The topological polar surface area (TPSA) is 140 Å². The number of sulfonamides is 1. The SMILES string of the molecule is CC(=O)Nc1nccc(-c2sc(CCCN)nc2-c2cccc(NS(=O)(=O)c3cc(F)ccc3F)c2F)n1. The first-order chi connectivity index (χ1) is 18.1. The van der Waals surface area contributed by atoms with Gasteiger partial charge in [-0.25, -0.2) is 36.5 Å². The number of halogens is 3. The highest BCUT2D eigenvalue weighted by Crippen LogP contribution is 2.39. The highest BCUT2D eigenvalue weighted by atomic mass is 32.2. The molecule has 0 unspecified atom stereocenters. The van der Waals surface area contributed by atoms with E-state index in [0.29, 0.717) is 47.1 Å². The van der Waals surface area contributed by atoms with Crippen molar-refractivity contribution in [2.75, 3.05) is 16.6 Å². The number of hydrogen-bond donors (Lipinski definition) is 3. The van der Waals surface area contributed by atoms with Gasteiger partial charge >= 0.3 is 0 Å². The molecule has 0 fully saturated rings. The summed E-state index contributed by atoms with van der Waals surface area (Å²) in [5.41, 5.74) is 5.59. The van der Waals surface area contributed by atoms with E-state index in [1.807, 2.05) is 4.72 Å². The molecule has 0 saturated heterocycles. The Morgan fingerprint density at radius 1 is 1.11 bits per heavy atom. The largest absolute Gasteiger partial charge is 0.330 e. The second kappa shape index (κ2) is 11.2. The van der Waals surface area contributed by atoms with Crippen LogP contribution in [0.2, 0.25) is 0 Å². The number of aryl methyl sites for hydroxylation is 1. The first-order valence-corrected chi connectivity index (χ1v) is 13.5. The van der Waals surface area contributed by atoms with Crippen LogP contribution in [0.4, 0.5) is 24.8 Å². The maximum absolute atomic E-state index is 15.8. The van der Waals surface area contributed by atoms with E-state index >= 15 is 4.39 Å². The summed E-state index contributed by atoms with van der Waals surface area (Å²) >= 11 is 1.24. The van der Waals surface area contributed by atoms with E-state index in [0.717, 1.165) is 12.1 Å². The minimum atomic E-state index is -4.67. The van der Waals surface area contributed by atoms with Gasteiger partial charge < -0.3 is 5.73 Å². The fourth-order valence-corrected chi connectivity index (χ4v) is 5.70. The summed E-state index contributed by atoms with van der Waals surface area (Å²) in [6.07, 6.45) is 2.55. The van der Waals surface area contributed by atoms with Crippen molar-refractivity contribution in [3.8, 4) is 21.8 Å². The lowest BCUT2D eigenvalue weighted by molar-refractivity contribution is -0.114. The van der Waals surface area contributed by atoms with E-state index in [9.17, 15) is 22.0 Å². The molecule has 0 atom stereocenters. The number of hydrogen-bond acceptors (Lipinski definition) is 8. The number of aromatic nitrogens is 3. The molecule has 2 aromatic heterocycles. The van der Waals surface area contributed by atoms with Gasteiger partial charge in [-0.15, -0.1) is 11.3 Å². The highest BCUT2D eigenvalue weighted by molar-refractivity contribution is 7.92. The van der Waals surface area contributed by atoms with Gasteiger partial charge in [-0.05, 0) is 49.4 Å². The van der Waals surface area contributed by atoms with Gasteiger partial charge in [0.2, 0.25) is 11.9 Å². The number of benzene rings is 2. The van der Waals surface area contributed by atoms with Crippen molar-refractivity contribution in [1.29, 1.82) is 0 Å². The van der Waals surface area contributed by atoms with E-state index in [4.69, 9.17) is 5.73 Å². The summed E-state index contributed by atoms with van der Waals surface area (Å²) in [6.45, 7) is 1.71. The average Bonchev–Trinajstić information content (AvgIpc) is 3.29. The maximum Gasteiger partial charge on any atom is 0.265 e. The van der Waals surface area contributed by atoms with Crippen LogP contribution in [0.3, 0.4) is 0 Å².